The zero-order valence-corrected chi connectivity index (χ0v) is 12.8. The quantitative estimate of drug-likeness (QED) is 0.790. The summed E-state index contributed by atoms with van der Waals surface area (Å²) < 4.78 is 23.4. The Kier molecular flexibility index (Phi) is 5.90. The number of carboxylic acid groups (broad SMARTS) is 1. The lowest BCUT2D eigenvalue weighted by atomic mass is 10.1. The molecule has 0 aliphatic rings. The molecule has 0 atom stereocenters. The molecule has 0 bridgehead atoms. The van der Waals surface area contributed by atoms with Crippen LogP contribution in [0.25, 0.3) is 0 Å². The van der Waals surface area contributed by atoms with Gasteiger partial charge in [0.15, 0.2) is 9.84 Å². The normalized spacial score (nSPS) is 11.4. The summed E-state index contributed by atoms with van der Waals surface area (Å²) in [6.45, 7) is 3.55. The highest BCUT2D eigenvalue weighted by Gasteiger charge is 2.18. The van der Waals surface area contributed by atoms with Crippen molar-refractivity contribution in [2.45, 2.75) is 20.3 Å². The average molecular weight is 313 g/mol. The van der Waals surface area contributed by atoms with Crippen molar-refractivity contribution < 1.29 is 23.1 Å². The summed E-state index contributed by atoms with van der Waals surface area (Å²) in [5.41, 5.74) is 1.04. The van der Waals surface area contributed by atoms with Gasteiger partial charge in [-0.2, -0.15) is 0 Å². The number of nitrogens with one attached hydrogen (secondary N) is 1. The molecule has 0 saturated heterocycles. The Morgan fingerprint density at radius 1 is 1.19 bits per heavy atom. The second kappa shape index (κ2) is 7.21. The third-order valence-electron chi connectivity index (χ3n) is 2.53. The Hall–Kier alpha value is -1.89. The molecule has 1 aromatic carbocycles. The number of benzene rings is 1. The summed E-state index contributed by atoms with van der Waals surface area (Å²) in [5, 5.41) is 11.1. The largest absolute Gasteiger partial charge is 0.481 e. The summed E-state index contributed by atoms with van der Waals surface area (Å²) >= 11 is 0. The number of hydrogen-bond donors (Lipinski definition) is 2. The van der Waals surface area contributed by atoms with E-state index in [2.05, 4.69) is 5.32 Å². The highest BCUT2D eigenvalue weighted by atomic mass is 32.2. The highest BCUT2D eigenvalue weighted by Crippen LogP contribution is 2.11. The van der Waals surface area contributed by atoms with E-state index in [0.717, 1.165) is 0 Å². The van der Waals surface area contributed by atoms with Gasteiger partial charge in [-0.25, -0.2) is 8.42 Å². The third kappa shape index (κ3) is 6.89. The molecule has 2 N–H and O–H groups in total. The van der Waals surface area contributed by atoms with Crippen molar-refractivity contribution in [3.05, 3.63) is 29.8 Å². The van der Waals surface area contributed by atoms with Crippen molar-refractivity contribution in [1.29, 1.82) is 0 Å². The van der Waals surface area contributed by atoms with Crippen molar-refractivity contribution in [3.63, 3.8) is 0 Å². The molecule has 0 unspecified atom stereocenters. The molecule has 1 amide bonds. The van der Waals surface area contributed by atoms with E-state index in [0.29, 0.717) is 11.3 Å². The minimum Gasteiger partial charge on any atom is -0.481 e. The minimum absolute atomic E-state index is 0.0295. The molecule has 7 heteroatoms. The summed E-state index contributed by atoms with van der Waals surface area (Å²) in [5.74, 6) is -2.15. The first kappa shape index (κ1) is 17.2. The van der Waals surface area contributed by atoms with Crippen LogP contribution in [0.15, 0.2) is 24.3 Å². The summed E-state index contributed by atoms with van der Waals surface area (Å²) in [4.78, 5) is 22.2. The van der Waals surface area contributed by atoms with Gasteiger partial charge >= 0.3 is 5.97 Å². The number of hydrogen-bond acceptors (Lipinski definition) is 4. The maximum absolute atomic E-state index is 11.7. The molecule has 116 valence electrons. The van der Waals surface area contributed by atoms with E-state index in [4.69, 9.17) is 5.11 Å². The van der Waals surface area contributed by atoms with E-state index in [-0.39, 0.29) is 18.1 Å². The van der Waals surface area contributed by atoms with Crippen LogP contribution in [0.1, 0.15) is 19.4 Å². The minimum atomic E-state index is -3.41. The average Bonchev–Trinajstić information content (AvgIpc) is 2.28. The van der Waals surface area contributed by atoms with Crippen molar-refractivity contribution in [3.8, 4) is 0 Å². The summed E-state index contributed by atoms with van der Waals surface area (Å²) in [6.07, 6.45) is -0.100. The van der Waals surface area contributed by atoms with Crippen molar-refractivity contribution in [2.75, 3.05) is 16.8 Å². The van der Waals surface area contributed by atoms with Gasteiger partial charge < -0.3 is 10.4 Å². The number of sulfone groups is 1. The van der Waals surface area contributed by atoms with Crippen molar-refractivity contribution >= 4 is 27.4 Å². The predicted octanol–water partition coefficient (Wildman–Crippen LogP) is 1.32. The van der Waals surface area contributed by atoms with Gasteiger partial charge in [0, 0.05) is 5.69 Å². The molecule has 0 radical (unpaired) electrons. The Labute approximate surface area is 124 Å². The van der Waals surface area contributed by atoms with E-state index in [1.807, 2.05) is 0 Å². The fourth-order valence-electron chi connectivity index (χ4n) is 1.84. The third-order valence-corrected chi connectivity index (χ3v) is 4.41. The fraction of sp³-hybridized carbons (Fsp3) is 0.429. The van der Waals surface area contributed by atoms with Crippen LogP contribution in [0.5, 0.6) is 0 Å². The van der Waals surface area contributed by atoms with Crippen LogP contribution in [0.3, 0.4) is 0 Å². The lowest BCUT2D eigenvalue weighted by Crippen LogP contribution is -2.26. The number of carbonyl (C=O) groups is 2. The first-order valence-corrected chi connectivity index (χ1v) is 8.31. The van der Waals surface area contributed by atoms with Crippen LogP contribution >= 0.6 is 0 Å². The second-order valence-corrected chi connectivity index (χ2v) is 7.37. The van der Waals surface area contributed by atoms with Gasteiger partial charge in [0.25, 0.3) is 0 Å². The number of rotatable bonds is 7. The van der Waals surface area contributed by atoms with E-state index < -0.39 is 27.5 Å². The topological polar surface area (TPSA) is 101 Å². The van der Waals surface area contributed by atoms with Gasteiger partial charge in [-0.3, -0.25) is 9.59 Å². The summed E-state index contributed by atoms with van der Waals surface area (Å²) in [7, 11) is -3.41. The molecule has 0 spiro atoms. The Bertz CT molecular complexity index is 605. The van der Waals surface area contributed by atoms with Crippen LogP contribution < -0.4 is 5.32 Å². The molecular formula is C14H19NO5S. The van der Waals surface area contributed by atoms with Gasteiger partial charge in [0.05, 0.1) is 12.2 Å². The molecule has 6 nitrogen and oxygen atoms in total. The van der Waals surface area contributed by atoms with Crippen LogP contribution in [0.2, 0.25) is 0 Å². The van der Waals surface area contributed by atoms with E-state index in [1.54, 1.807) is 38.1 Å². The standard InChI is InChI=1S/C14H19NO5S/c1-10(2)8-21(19,20)9-13(16)15-12-5-3-11(4-6-12)7-14(17)18/h3-6,10H,7-9H2,1-2H3,(H,15,16)(H,17,18). The molecule has 0 aromatic heterocycles. The SMILES string of the molecule is CC(C)CS(=O)(=O)CC(=O)Nc1ccc(CC(=O)O)cc1. The van der Waals surface area contributed by atoms with Gasteiger partial charge in [-0.1, -0.05) is 26.0 Å². The molecule has 21 heavy (non-hydrogen) atoms. The van der Waals surface area contributed by atoms with Gasteiger partial charge in [0.1, 0.15) is 5.75 Å². The number of carboxylic acids is 1. The second-order valence-electron chi connectivity index (χ2n) is 5.26. The van der Waals surface area contributed by atoms with Gasteiger partial charge in [-0.05, 0) is 23.6 Å². The van der Waals surface area contributed by atoms with Crippen molar-refractivity contribution in [1.82, 2.24) is 0 Å². The number of anilines is 1. The van der Waals surface area contributed by atoms with Crippen LogP contribution in [-0.2, 0) is 25.8 Å². The first-order valence-electron chi connectivity index (χ1n) is 6.49. The van der Waals surface area contributed by atoms with Crippen LogP contribution in [0, 0.1) is 5.92 Å². The van der Waals surface area contributed by atoms with Crippen molar-refractivity contribution in [2.24, 2.45) is 5.92 Å². The molecule has 1 rings (SSSR count). The summed E-state index contributed by atoms with van der Waals surface area (Å²) in [6, 6.07) is 6.25. The number of carbonyl (C=O) groups excluding carboxylic acids is 1. The molecule has 1 aromatic rings. The zero-order valence-electron chi connectivity index (χ0n) is 12.0. The maximum atomic E-state index is 11.7. The Morgan fingerprint density at radius 2 is 1.76 bits per heavy atom. The zero-order chi connectivity index (χ0) is 16.0. The first-order chi connectivity index (χ1) is 9.68. The van der Waals surface area contributed by atoms with E-state index in [9.17, 15) is 18.0 Å². The van der Waals surface area contributed by atoms with Gasteiger partial charge in [0.2, 0.25) is 5.91 Å². The molecule has 0 heterocycles. The Balaban J connectivity index is 2.61. The molecule has 0 aliphatic carbocycles. The predicted molar refractivity (Wildman–Crippen MR) is 79.9 cm³/mol. The molecule has 0 aliphatic heterocycles. The number of aliphatic carboxylic acids is 1. The number of amides is 1. The highest BCUT2D eigenvalue weighted by molar-refractivity contribution is 7.92. The van der Waals surface area contributed by atoms with E-state index >= 15 is 0 Å². The maximum Gasteiger partial charge on any atom is 0.307 e. The fourth-order valence-corrected chi connectivity index (χ4v) is 3.45. The monoisotopic (exact) mass is 313 g/mol. The van der Waals surface area contributed by atoms with E-state index in [1.165, 1.54) is 0 Å². The molecule has 0 fully saturated rings. The van der Waals surface area contributed by atoms with Gasteiger partial charge in [-0.15, -0.1) is 0 Å². The smallest absolute Gasteiger partial charge is 0.307 e. The van der Waals surface area contributed by atoms with Crippen LogP contribution in [0.4, 0.5) is 5.69 Å². The molecular weight excluding hydrogens is 294 g/mol. The lowest BCUT2D eigenvalue weighted by Gasteiger charge is -2.08. The van der Waals surface area contributed by atoms with Crippen LogP contribution in [-0.4, -0.2) is 36.9 Å². The molecule has 0 saturated carbocycles. The lowest BCUT2D eigenvalue weighted by molar-refractivity contribution is -0.136. The Morgan fingerprint density at radius 3 is 2.24 bits per heavy atom.